The van der Waals surface area contributed by atoms with E-state index in [1.54, 1.807) is 0 Å². The first-order chi connectivity index (χ1) is 15.6. The first-order valence-corrected chi connectivity index (χ1v) is 11.6. The lowest BCUT2D eigenvalue weighted by Crippen LogP contribution is -2.49. The summed E-state index contributed by atoms with van der Waals surface area (Å²) < 4.78 is 5.60. The predicted octanol–water partition coefficient (Wildman–Crippen LogP) is 3.60. The Labute approximate surface area is 190 Å². The summed E-state index contributed by atoms with van der Waals surface area (Å²) in [5.41, 5.74) is 2.96. The maximum Gasteiger partial charge on any atom is 0.317 e. The van der Waals surface area contributed by atoms with Crippen LogP contribution in [0.1, 0.15) is 40.7 Å². The van der Waals surface area contributed by atoms with Gasteiger partial charge < -0.3 is 19.9 Å². The van der Waals surface area contributed by atoms with Crippen LogP contribution in [-0.2, 0) is 10.2 Å². The highest BCUT2D eigenvalue weighted by Gasteiger charge is 2.35. The van der Waals surface area contributed by atoms with Gasteiger partial charge in [0.2, 0.25) is 0 Å². The molecule has 2 aliphatic rings. The fourth-order valence-electron chi connectivity index (χ4n) is 4.76. The zero-order valence-electron chi connectivity index (χ0n) is 18.9. The van der Waals surface area contributed by atoms with Crippen LogP contribution in [0.2, 0.25) is 0 Å². The summed E-state index contributed by atoms with van der Waals surface area (Å²) in [6.45, 7) is 6.44. The largest absolute Gasteiger partial charge is 0.381 e. The van der Waals surface area contributed by atoms with Crippen LogP contribution in [0.25, 0.3) is 0 Å². The van der Waals surface area contributed by atoms with E-state index in [1.165, 1.54) is 5.56 Å². The molecule has 2 aromatic rings. The highest BCUT2D eigenvalue weighted by molar-refractivity contribution is 5.94. The molecule has 2 aromatic carbocycles. The molecule has 2 fully saturated rings. The van der Waals surface area contributed by atoms with Crippen molar-refractivity contribution in [2.45, 2.75) is 31.6 Å². The number of ether oxygens (including phenoxy) is 1. The van der Waals surface area contributed by atoms with E-state index >= 15 is 0 Å². The third-order valence-corrected chi connectivity index (χ3v) is 6.75. The number of urea groups is 1. The van der Waals surface area contributed by atoms with E-state index < -0.39 is 0 Å². The van der Waals surface area contributed by atoms with Crippen LogP contribution in [0.4, 0.5) is 4.79 Å². The minimum atomic E-state index is -0.0891. The van der Waals surface area contributed by atoms with Gasteiger partial charge in [0.1, 0.15) is 0 Å². The number of nitrogens with one attached hydrogen (secondary N) is 1. The van der Waals surface area contributed by atoms with Gasteiger partial charge in [-0.15, -0.1) is 0 Å². The Bertz CT molecular complexity index is 925. The number of benzene rings is 2. The Morgan fingerprint density at radius 1 is 0.938 bits per heavy atom. The molecule has 2 saturated heterocycles. The van der Waals surface area contributed by atoms with E-state index in [-0.39, 0.29) is 17.4 Å². The summed E-state index contributed by atoms with van der Waals surface area (Å²) in [5.74, 6) is 0.0428. The van der Waals surface area contributed by atoms with Gasteiger partial charge >= 0.3 is 6.03 Å². The van der Waals surface area contributed by atoms with Gasteiger partial charge in [-0.25, -0.2) is 4.79 Å². The average Bonchev–Trinajstić information content (AvgIpc) is 3.10. The molecule has 6 heteroatoms. The molecule has 32 heavy (non-hydrogen) atoms. The molecule has 2 aliphatic heterocycles. The number of nitrogens with zero attached hydrogens (tertiary/aromatic N) is 2. The van der Waals surface area contributed by atoms with Crippen LogP contribution in [0, 0.1) is 6.92 Å². The molecule has 0 spiro atoms. The van der Waals surface area contributed by atoms with Crippen molar-refractivity contribution < 1.29 is 14.3 Å². The Kier molecular flexibility index (Phi) is 7.10. The molecule has 2 heterocycles. The zero-order valence-corrected chi connectivity index (χ0v) is 18.9. The van der Waals surface area contributed by atoms with Crippen LogP contribution in [0.15, 0.2) is 54.6 Å². The Morgan fingerprint density at radius 3 is 2.41 bits per heavy atom. The van der Waals surface area contributed by atoms with Crippen molar-refractivity contribution in [1.29, 1.82) is 0 Å². The van der Waals surface area contributed by atoms with Crippen molar-refractivity contribution in [3.05, 3.63) is 71.3 Å². The second-order valence-corrected chi connectivity index (χ2v) is 8.92. The van der Waals surface area contributed by atoms with Crippen LogP contribution in [0.3, 0.4) is 0 Å². The topological polar surface area (TPSA) is 61.9 Å². The van der Waals surface area contributed by atoms with Gasteiger partial charge in [-0.05, 0) is 43.9 Å². The molecular weight excluding hydrogens is 402 g/mol. The van der Waals surface area contributed by atoms with Crippen molar-refractivity contribution in [2.24, 2.45) is 0 Å². The molecule has 0 saturated carbocycles. The lowest BCUT2D eigenvalue weighted by Gasteiger charge is -2.38. The molecule has 0 unspecified atom stereocenters. The first kappa shape index (κ1) is 22.3. The summed E-state index contributed by atoms with van der Waals surface area (Å²) >= 11 is 0. The van der Waals surface area contributed by atoms with E-state index in [4.69, 9.17) is 4.74 Å². The predicted molar refractivity (Wildman–Crippen MR) is 125 cm³/mol. The maximum atomic E-state index is 13.0. The van der Waals surface area contributed by atoms with Crippen molar-refractivity contribution in [3.8, 4) is 0 Å². The lowest BCUT2D eigenvalue weighted by molar-refractivity contribution is 0.0501. The van der Waals surface area contributed by atoms with Crippen molar-refractivity contribution in [2.75, 3.05) is 45.9 Å². The van der Waals surface area contributed by atoms with Crippen molar-refractivity contribution in [1.82, 2.24) is 15.1 Å². The molecule has 4 rings (SSSR count). The molecule has 0 radical (unpaired) electrons. The Balaban J connectivity index is 1.36. The molecule has 0 bridgehead atoms. The quantitative estimate of drug-likeness (QED) is 0.798. The molecule has 3 amide bonds. The van der Waals surface area contributed by atoms with Crippen LogP contribution < -0.4 is 5.32 Å². The average molecular weight is 436 g/mol. The molecular formula is C26H33N3O3. The van der Waals surface area contributed by atoms with Gasteiger partial charge in [-0.2, -0.15) is 0 Å². The van der Waals surface area contributed by atoms with Gasteiger partial charge in [0.25, 0.3) is 5.91 Å². The molecule has 0 atom stereocenters. The van der Waals surface area contributed by atoms with Crippen LogP contribution >= 0.6 is 0 Å². The van der Waals surface area contributed by atoms with E-state index in [0.29, 0.717) is 51.5 Å². The minimum absolute atomic E-state index is 0.0428. The summed E-state index contributed by atoms with van der Waals surface area (Å²) in [4.78, 5) is 29.7. The zero-order chi connectivity index (χ0) is 22.4. The third-order valence-electron chi connectivity index (χ3n) is 6.75. The highest BCUT2D eigenvalue weighted by Crippen LogP contribution is 2.34. The highest BCUT2D eigenvalue weighted by atomic mass is 16.5. The van der Waals surface area contributed by atoms with E-state index in [0.717, 1.165) is 24.8 Å². The van der Waals surface area contributed by atoms with Gasteiger partial charge in [0.15, 0.2) is 0 Å². The molecule has 0 aliphatic carbocycles. The van der Waals surface area contributed by atoms with E-state index in [2.05, 4.69) is 29.6 Å². The summed E-state index contributed by atoms with van der Waals surface area (Å²) in [6, 6.07) is 18.1. The summed E-state index contributed by atoms with van der Waals surface area (Å²) in [7, 11) is 0. The molecule has 6 nitrogen and oxygen atoms in total. The molecule has 170 valence electrons. The number of hydrogen-bond donors (Lipinski definition) is 1. The van der Waals surface area contributed by atoms with E-state index in [1.807, 2.05) is 47.1 Å². The molecule has 1 N–H and O–H groups in total. The SMILES string of the molecule is Cc1cccc(C(=O)N2CCCN(C(=O)NCC3(c4ccccc4)CCOCC3)CC2)c1. The summed E-state index contributed by atoms with van der Waals surface area (Å²) in [5, 5.41) is 3.20. The number of aryl methyl sites for hydroxylation is 1. The van der Waals surface area contributed by atoms with E-state index in [9.17, 15) is 9.59 Å². The number of carbonyl (C=O) groups is 2. The fourth-order valence-corrected chi connectivity index (χ4v) is 4.76. The lowest BCUT2D eigenvalue weighted by atomic mass is 9.74. The Morgan fingerprint density at radius 2 is 1.66 bits per heavy atom. The normalized spacial score (nSPS) is 18.7. The standard InChI is InChI=1S/C26H33N3O3/c1-21-7-5-8-22(19-21)24(30)28-13-6-14-29(16-15-28)25(31)27-20-26(11-17-32-18-12-26)23-9-3-2-4-10-23/h2-5,7-10,19H,6,11-18,20H2,1H3,(H,27,31). The van der Waals surface area contributed by atoms with Crippen LogP contribution in [0.5, 0.6) is 0 Å². The minimum Gasteiger partial charge on any atom is -0.381 e. The van der Waals surface area contributed by atoms with Crippen LogP contribution in [-0.4, -0.2) is 67.7 Å². The second kappa shape index (κ2) is 10.2. The smallest absolute Gasteiger partial charge is 0.317 e. The maximum absolute atomic E-state index is 13.0. The van der Waals surface area contributed by atoms with Crippen molar-refractivity contribution >= 4 is 11.9 Å². The van der Waals surface area contributed by atoms with Gasteiger partial charge in [-0.1, -0.05) is 48.0 Å². The molecule has 0 aromatic heterocycles. The number of amides is 3. The monoisotopic (exact) mass is 435 g/mol. The van der Waals surface area contributed by atoms with Gasteiger partial charge in [0, 0.05) is 56.9 Å². The Hall–Kier alpha value is -2.86. The second-order valence-electron chi connectivity index (χ2n) is 8.92. The third kappa shape index (κ3) is 5.13. The number of hydrogen-bond acceptors (Lipinski definition) is 3. The number of rotatable bonds is 4. The first-order valence-electron chi connectivity index (χ1n) is 11.6. The van der Waals surface area contributed by atoms with Gasteiger partial charge in [0.05, 0.1) is 0 Å². The summed E-state index contributed by atoms with van der Waals surface area (Å²) in [6.07, 6.45) is 2.58. The fraction of sp³-hybridized carbons (Fsp3) is 0.462. The van der Waals surface area contributed by atoms with Gasteiger partial charge in [-0.3, -0.25) is 4.79 Å². The van der Waals surface area contributed by atoms with Crippen molar-refractivity contribution in [3.63, 3.8) is 0 Å². The number of carbonyl (C=O) groups excluding carboxylic acids is 2.